The lowest BCUT2D eigenvalue weighted by molar-refractivity contribution is -0.127. The van der Waals surface area contributed by atoms with Gasteiger partial charge in [0.05, 0.1) is 0 Å². The second kappa shape index (κ2) is 8.50. The van der Waals surface area contributed by atoms with Gasteiger partial charge in [0.15, 0.2) is 6.10 Å². The molecular formula is C20H26N2O2. The fourth-order valence-electron chi connectivity index (χ4n) is 2.34. The molecule has 0 aliphatic carbocycles. The van der Waals surface area contributed by atoms with Crippen LogP contribution in [0.15, 0.2) is 48.5 Å². The van der Waals surface area contributed by atoms with Gasteiger partial charge in [-0.05, 0) is 51.2 Å². The zero-order chi connectivity index (χ0) is 17.5. The second-order valence-corrected chi connectivity index (χ2v) is 6.35. The number of ether oxygens (including phenoxy) is 1. The molecule has 1 amide bonds. The maximum absolute atomic E-state index is 12.2. The third-order valence-electron chi connectivity index (χ3n) is 3.69. The van der Waals surface area contributed by atoms with Crippen LogP contribution in [0.4, 0.5) is 0 Å². The zero-order valence-electron chi connectivity index (χ0n) is 14.9. The van der Waals surface area contributed by atoms with Crippen molar-refractivity contribution in [1.82, 2.24) is 10.2 Å². The van der Waals surface area contributed by atoms with Gasteiger partial charge >= 0.3 is 0 Å². The molecule has 0 fully saturated rings. The number of nitrogens with zero attached hydrogens (tertiary/aromatic N) is 1. The van der Waals surface area contributed by atoms with Crippen LogP contribution in [0.2, 0.25) is 0 Å². The standard InChI is InChI=1S/C20H26N2O2/c1-15-5-11-19(12-6-15)24-16(2)20(23)21-13-17-7-9-18(10-8-17)14-22(3)4/h5-12,16H,13-14H2,1-4H3,(H,21,23). The maximum Gasteiger partial charge on any atom is 0.261 e. The van der Waals surface area contributed by atoms with Crippen molar-refractivity contribution in [3.05, 3.63) is 65.2 Å². The van der Waals surface area contributed by atoms with E-state index in [1.807, 2.05) is 57.4 Å². The smallest absolute Gasteiger partial charge is 0.261 e. The molecule has 1 unspecified atom stereocenters. The number of aryl methyl sites for hydroxylation is 1. The summed E-state index contributed by atoms with van der Waals surface area (Å²) in [5.41, 5.74) is 3.50. The van der Waals surface area contributed by atoms with Crippen molar-refractivity contribution in [3.63, 3.8) is 0 Å². The van der Waals surface area contributed by atoms with E-state index in [1.165, 1.54) is 5.56 Å². The fraction of sp³-hybridized carbons (Fsp3) is 0.350. The average Bonchev–Trinajstić information content (AvgIpc) is 2.55. The highest BCUT2D eigenvalue weighted by molar-refractivity contribution is 5.80. The van der Waals surface area contributed by atoms with Crippen LogP contribution in [0.1, 0.15) is 23.6 Å². The normalized spacial score (nSPS) is 12.0. The van der Waals surface area contributed by atoms with Gasteiger partial charge in [0.25, 0.3) is 5.91 Å². The second-order valence-electron chi connectivity index (χ2n) is 6.35. The molecule has 4 heteroatoms. The van der Waals surface area contributed by atoms with Gasteiger partial charge < -0.3 is 15.0 Å². The Morgan fingerprint density at radius 1 is 1.04 bits per heavy atom. The van der Waals surface area contributed by atoms with Gasteiger partial charge in [-0.3, -0.25) is 4.79 Å². The topological polar surface area (TPSA) is 41.6 Å². The molecule has 0 saturated carbocycles. The van der Waals surface area contributed by atoms with Crippen LogP contribution in [0.3, 0.4) is 0 Å². The summed E-state index contributed by atoms with van der Waals surface area (Å²) in [7, 11) is 4.09. The lowest BCUT2D eigenvalue weighted by Crippen LogP contribution is -2.35. The minimum atomic E-state index is -0.527. The SMILES string of the molecule is Cc1ccc(OC(C)C(=O)NCc2ccc(CN(C)C)cc2)cc1. The number of carbonyl (C=O) groups is 1. The molecular weight excluding hydrogens is 300 g/mol. The predicted molar refractivity (Wildman–Crippen MR) is 96.9 cm³/mol. The molecule has 4 nitrogen and oxygen atoms in total. The highest BCUT2D eigenvalue weighted by atomic mass is 16.5. The van der Waals surface area contributed by atoms with E-state index in [0.29, 0.717) is 12.3 Å². The third-order valence-corrected chi connectivity index (χ3v) is 3.69. The number of carbonyl (C=O) groups excluding carboxylic acids is 1. The lowest BCUT2D eigenvalue weighted by atomic mass is 10.1. The van der Waals surface area contributed by atoms with Gasteiger partial charge in [-0.1, -0.05) is 42.0 Å². The largest absolute Gasteiger partial charge is 0.481 e. The van der Waals surface area contributed by atoms with Crippen LogP contribution >= 0.6 is 0 Å². The van der Waals surface area contributed by atoms with Gasteiger partial charge in [-0.2, -0.15) is 0 Å². The summed E-state index contributed by atoms with van der Waals surface area (Å²) in [6.07, 6.45) is -0.527. The molecule has 0 aliphatic heterocycles. The monoisotopic (exact) mass is 326 g/mol. The van der Waals surface area contributed by atoms with Crippen molar-refractivity contribution in [2.75, 3.05) is 14.1 Å². The molecule has 0 aliphatic rings. The lowest BCUT2D eigenvalue weighted by Gasteiger charge is -2.15. The van der Waals surface area contributed by atoms with Crippen LogP contribution in [-0.2, 0) is 17.9 Å². The number of hydrogen-bond acceptors (Lipinski definition) is 3. The molecule has 2 aromatic carbocycles. The van der Waals surface area contributed by atoms with Gasteiger partial charge in [-0.15, -0.1) is 0 Å². The third kappa shape index (κ3) is 5.70. The number of hydrogen-bond donors (Lipinski definition) is 1. The molecule has 2 rings (SSSR count). The highest BCUT2D eigenvalue weighted by Crippen LogP contribution is 2.13. The van der Waals surface area contributed by atoms with E-state index in [-0.39, 0.29) is 5.91 Å². The van der Waals surface area contributed by atoms with Crippen LogP contribution in [0.5, 0.6) is 5.75 Å². The van der Waals surface area contributed by atoms with Crippen molar-refractivity contribution in [2.24, 2.45) is 0 Å². The number of rotatable bonds is 7. The van der Waals surface area contributed by atoms with Crippen LogP contribution in [-0.4, -0.2) is 31.0 Å². The summed E-state index contributed by atoms with van der Waals surface area (Å²) in [6.45, 7) is 5.19. The van der Waals surface area contributed by atoms with E-state index < -0.39 is 6.10 Å². The summed E-state index contributed by atoms with van der Waals surface area (Å²) in [5.74, 6) is 0.587. The Balaban J connectivity index is 1.82. The Morgan fingerprint density at radius 3 is 2.21 bits per heavy atom. The number of benzene rings is 2. The van der Waals surface area contributed by atoms with Crippen molar-refractivity contribution >= 4 is 5.91 Å². The minimum Gasteiger partial charge on any atom is -0.481 e. The van der Waals surface area contributed by atoms with E-state index in [0.717, 1.165) is 17.7 Å². The Kier molecular flexibility index (Phi) is 6.38. The minimum absolute atomic E-state index is 0.118. The maximum atomic E-state index is 12.2. The van der Waals surface area contributed by atoms with E-state index in [4.69, 9.17) is 4.74 Å². The molecule has 128 valence electrons. The highest BCUT2D eigenvalue weighted by Gasteiger charge is 2.14. The van der Waals surface area contributed by atoms with Crippen molar-refractivity contribution in [2.45, 2.75) is 33.0 Å². The molecule has 0 bridgehead atoms. The average molecular weight is 326 g/mol. The molecule has 0 heterocycles. The first-order chi connectivity index (χ1) is 11.4. The molecule has 2 aromatic rings. The van der Waals surface area contributed by atoms with Gasteiger partial charge in [0, 0.05) is 13.1 Å². The first-order valence-electron chi connectivity index (χ1n) is 8.17. The van der Waals surface area contributed by atoms with Crippen LogP contribution in [0, 0.1) is 6.92 Å². The van der Waals surface area contributed by atoms with Crippen molar-refractivity contribution in [1.29, 1.82) is 0 Å². The first-order valence-corrected chi connectivity index (χ1v) is 8.17. The van der Waals surface area contributed by atoms with E-state index in [9.17, 15) is 4.79 Å². The first kappa shape index (κ1) is 18.0. The Labute approximate surface area is 144 Å². The van der Waals surface area contributed by atoms with E-state index in [2.05, 4.69) is 22.3 Å². The molecule has 0 aromatic heterocycles. The quantitative estimate of drug-likeness (QED) is 0.850. The molecule has 0 spiro atoms. The van der Waals surface area contributed by atoms with Gasteiger partial charge in [0.1, 0.15) is 5.75 Å². The van der Waals surface area contributed by atoms with Crippen LogP contribution < -0.4 is 10.1 Å². The van der Waals surface area contributed by atoms with Crippen molar-refractivity contribution < 1.29 is 9.53 Å². The molecule has 1 N–H and O–H groups in total. The summed E-state index contributed by atoms with van der Waals surface area (Å²) >= 11 is 0. The number of amides is 1. The Morgan fingerprint density at radius 2 is 1.62 bits per heavy atom. The summed E-state index contributed by atoms with van der Waals surface area (Å²) < 4.78 is 5.66. The van der Waals surface area contributed by atoms with Gasteiger partial charge in [-0.25, -0.2) is 0 Å². The summed E-state index contributed by atoms with van der Waals surface area (Å²) in [5, 5.41) is 2.92. The van der Waals surface area contributed by atoms with Crippen LogP contribution in [0.25, 0.3) is 0 Å². The van der Waals surface area contributed by atoms with E-state index >= 15 is 0 Å². The van der Waals surface area contributed by atoms with E-state index in [1.54, 1.807) is 6.92 Å². The molecule has 24 heavy (non-hydrogen) atoms. The Bertz CT molecular complexity index is 648. The summed E-state index contributed by atoms with van der Waals surface area (Å²) in [6, 6.07) is 16.0. The zero-order valence-corrected chi connectivity index (χ0v) is 14.9. The summed E-state index contributed by atoms with van der Waals surface area (Å²) in [4.78, 5) is 14.3. The molecule has 0 radical (unpaired) electrons. The molecule has 0 saturated heterocycles. The predicted octanol–water partition coefficient (Wildman–Crippen LogP) is 3.14. The van der Waals surface area contributed by atoms with Gasteiger partial charge in [0.2, 0.25) is 0 Å². The fourth-order valence-corrected chi connectivity index (χ4v) is 2.34. The van der Waals surface area contributed by atoms with Crippen molar-refractivity contribution in [3.8, 4) is 5.75 Å². The number of nitrogens with one attached hydrogen (secondary N) is 1. The Hall–Kier alpha value is -2.33. The molecule has 1 atom stereocenters.